The van der Waals surface area contributed by atoms with Crippen LogP contribution >= 0.6 is 0 Å². The number of carbonyl (C=O) groups is 1. The second-order valence-electron chi connectivity index (χ2n) is 5.00. The Labute approximate surface area is 119 Å². The Morgan fingerprint density at radius 2 is 2.15 bits per heavy atom. The van der Waals surface area contributed by atoms with E-state index >= 15 is 0 Å². The van der Waals surface area contributed by atoms with Gasteiger partial charge in [-0.3, -0.25) is 4.79 Å². The second kappa shape index (κ2) is 7.24. The lowest BCUT2D eigenvalue weighted by Gasteiger charge is -2.22. The van der Waals surface area contributed by atoms with Crippen molar-refractivity contribution < 1.29 is 18.7 Å². The molecule has 0 spiro atoms. The molecule has 1 unspecified atom stereocenters. The van der Waals surface area contributed by atoms with E-state index in [2.05, 4.69) is 0 Å². The SMILES string of the molecule is CCOC(=O)C(C)(N)CCCOc1ccc(F)cc1C. The third kappa shape index (κ3) is 4.81. The van der Waals surface area contributed by atoms with Crippen LogP contribution in [0.5, 0.6) is 5.75 Å². The van der Waals surface area contributed by atoms with Gasteiger partial charge in [0.15, 0.2) is 0 Å². The maximum Gasteiger partial charge on any atom is 0.325 e. The van der Waals surface area contributed by atoms with Gasteiger partial charge >= 0.3 is 5.97 Å². The Balaban J connectivity index is 2.39. The Morgan fingerprint density at radius 1 is 1.45 bits per heavy atom. The van der Waals surface area contributed by atoms with Crippen LogP contribution in [0.4, 0.5) is 4.39 Å². The minimum Gasteiger partial charge on any atom is -0.493 e. The van der Waals surface area contributed by atoms with Crippen LogP contribution in [0.15, 0.2) is 18.2 Å². The molecule has 0 aliphatic rings. The first-order valence-electron chi connectivity index (χ1n) is 6.72. The van der Waals surface area contributed by atoms with Gasteiger partial charge in [-0.1, -0.05) is 0 Å². The molecule has 20 heavy (non-hydrogen) atoms. The summed E-state index contributed by atoms with van der Waals surface area (Å²) >= 11 is 0. The molecule has 0 saturated carbocycles. The van der Waals surface area contributed by atoms with Crippen molar-refractivity contribution in [2.45, 2.75) is 39.2 Å². The molecule has 0 aliphatic heterocycles. The molecule has 0 radical (unpaired) electrons. The number of halogens is 1. The van der Waals surface area contributed by atoms with Crippen LogP contribution in [-0.2, 0) is 9.53 Å². The van der Waals surface area contributed by atoms with Crippen molar-refractivity contribution in [3.63, 3.8) is 0 Å². The maximum atomic E-state index is 12.9. The number of benzene rings is 1. The number of hydrogen-bond acceptors (Lipinski definition) is 4. The summed E-state index contributed by atoms with van der Waals surface area (Å²) in [4.78, 5) is 11.6. The van der Waals surface area contributed by atoms with Gasteiger partial charge in [0.25, 0.3) is 0 Å². The zero-order chi connectivity index (χ0) is 15.2. The number of carbonyl (C=O) groups excluding carboxylic acids is 1. The standard InChI is InChI=1S/C15H22FNO3/c1-4-19-14(18)15(3,17)8-5-9-20-13-7-6-12(16)10-11(13)2/h6-7,10H,4-5,8-9,17H2,1-3H3. The molecule has 1 aromatic rings. The molecule has 5 heteroatoms. The molecule has 2 N–H and O–H groups in total. The van der Waals surface area contributed by atoms with Crippen LogP contribution in [-0.4, -0.2) is 24.7 Å². The molecular formula is C15H22FNO3. The van der Waals surface area contributed by atoms with Gasteiger partial charge in [0.05, 0.1) is 13.2 Å². The first-order chi connectivity index (χ1) is 9.36. The summed E-state index contributed by atoms with van der Waals surface area (Å²) in [5.41, 5.74) is 5.63. The summed E-state index contributed by atoms with van der Waals surface area (Å²) in [6.07, 6.45) is 1.08. The van der Waals surface area contributed by atoms with Crippen molar-refractivity contribution in [1.29, 1.82) is 0 Å². The Morgan fingerprint density at radius 3 is 2.75 bits per heavy atom. The predicted molar refractivity (Wildman–Crippen MR) is 75.1 cm³/mol. The predicted octanol–water partition coefficient (Wildman–Crippen LogP) is 2.57. The molecule has 1 aromatic carbocycles. The molecule has 0 fully saturated rings. The van der Waals surface area contributed by atoms with Crippen LogP contribution in [0.2, 0.25) is 0 Å². The van der Waals surface area contributed by atoms with Gasteiger partial charge < -0.3 is 15.2 Å². The molecular weight excluding hydrogens is 261 g/mol. The molecule has 4 nitrogen and oxygen atoms in total. The maximum absolute atomic E-state index is 12.9. The van der Waals surface area contributed by atoms with E-state index < -0.39 is 11.5 Å². The molecule has 112 valence electrons. The van der Waals surface area contributed by atoms with Gasteiger partial charge in [-0.05, 0) is 57.4 Å². The molecule has 1 rings (SSSR count). The minimum absolute atomic E-state index is 0.285. The third-order valence-electron chi connectivity index (χ3n) is 2.98. The lowest BCUT2D eigenvalue weighted by Crippen LogP contribution is -2.46. The van der Waals surface area contributed by atoms with Gasteiger partial charge in [-0.25, -0.2) is 4.39 Å². The molecule has 0 amide bonds. The van der Waals surface area contributed by atoms with Crippen molar-refractivity contribution in [3.05, 3.63) is 29.6 Å². The van der Waals surface area contributed by atoms with Crippen molar-refractivity contribution >= 4 is 5.97 Å². The fourth-order valence-corrected chi connectivity index (χ4v) is 1.79. The van der Waals surface area contributed by atoms with Crippen molar-refractivity contribution in [3.8, 4) is 5.75 Å². The molecule has 1 atom stereocenters. The van der Waals surface area contributed by atoms with Crippen LogP contribution in [0.1, 0.15) is 32.3 Å². The highest BCUT2D eigenvalue weighted by Crippen LogP contribution is 2.19. The quantitative estimate of drug-likeness (QED) is 0.617. The Kier molecular flexibility index (Phi) is 5.95. The van der Waals surface area contributed by atoms with E-state index in [4.69, 9.17) is 15.2 Å². The van der Waals surface area contributed by atoms with Gasteiger partial charge in [0, 0.05) is 0 Å². The number of hydrogen-bond donors (Lipinski definition) is 1. The van der Waals surface area contributed by atoms with E-state index in [-0.39, 0.29) is 5.82 Å². The summed E-state index contributed by atoms with van der Waals surface area (Å²) in [5, 5.41) is 0. The topological polar surface area (TPSA) is 61.5 Å². The van der Waals surface area contributed by atoms with Crippen molar-refractivity contribution in [1.82, 2.24) is 0 Å². The fourth-order valence-electron chi connectivity index (χ4n) is 1.79. The van der Waals surface area contributed by atoms with Gasteiger partial charge in [0.2, 0.25) is 0 Å². The van der Waals surface area contributed by atoms with Crippen molar-refractivity contribution in [2.75, 3.05) is 13.2 Å². The number of esters is 1. The Bertz CT molecular complexity index is 460. The first-order valence-corrected chi connectivity index (χ1v) is 6.72. The van der Waals surface area contributed by atoms with Gasteiger partial charge in [-0.15, -0.1) is 0 Å². The van der Waals surface area contributed by atoms with Crippen LogP contribution in [0.3, 0.4) is 0 Å². The summed E-state index contributed by atoms with van der Waals surface area (Å²) in [6, 6.07) is 4.37. The second-order valence-corrected chi connectivity index (χ2v) is 5.00. The summed E-state index contributed by atoms with van der Waals surface area (Å²) < 4.78 is 23.4. The average molecular weight is 283 g/mol. The highest BCUT2D eigenvalue weighted by atomic mass is 19.1. The van der Waals surface area contributed by atoms with Crippen LogP contribution in [0.25, 0.3) is 0 Å². The normalized spacial score (nSPS) is 13.7. The first kappa shape index (κ1) is 16.4. The average Bonchev–Trinajstić information content (AvgIpc) is 2.37. The van der Waals surface area contributed by atoms with Gasteiger partial charge in [0.1, 0.15) is 17.1 Å². The van der Waals surface area contributed by atoms with Crippen LogP contribution in [0, 0.1) is 12.7 Å². The van der Waals surface area contributed by atoms with E-state index in [1.54, 1.807) is 26.8 Å². The van der Waals surface area contributed by atoms with Crippen molar-refractivity contribution in [2.24, 2.45) is 5.73 Å². The lowest BCUT2D eigenvalue weighted by atomic mass is 9.98. The number of ether oxygens (including phenoxy) is 2. The molecule has 0 aliphatic carbocycles. The zero-order valence-corrected chi connectivity index (χ0v) is 12.2. The summed E-state index contributed by atoms with van der Waals surface area (Å²) in [5.74, 6) is -0.0501. The fraction of sp³-hybridized carbons (Fsp3) is 0.533. The zero-order valence-electron chi connectivity index (χ0n) is 12.2. The van der Waals surface area contributed by atoms with E-state index in [0.717, 1.165) is 5.56 Å². The number of aryl methyl sites for hydroxylation is 1. The summed E-state index contributed by atoms with van der Waals surface area (Å²) in [7, 11) is 0. The Hall–Kier alpha value is -1.62. The molecule has 0 heterocycles. The minimum atomic E-state index is -1.00. The smallest absolute Gasteiger partial charge is 0.325 e. The number of nitrogens with two attached hydrogens (primary N) is 1. The monoisotopic (exact) mass is 283 g/mol. The highest BCUT2D eigenvalue weighted by molar-refractivity contribution is 5.79. The lowest BCUT2D eigenvalue weighted by molar-refractivity contribution is -0.149. The molecule has 0 bridgehead atoms. The largest absolute Gasteiger partial charge is 0.493 e. The van der Waals surface area contributed by atoms with E-state index in [0.29, 0.717) is 31.8 Å². The van der Waals surface area contributed by atoms with Gasteiger partial charge in [-0.2, -0.15) is 0 Å². The van der Waals surface area contributed by atoms with E-state index in [9.17, 15) is 9.18 Å². The third-order valence-corrected chi connectivity index (χ3v) is 2.98. The van der Waals surface area contributed by atoms with Crippen LogP contribution < -0.4 is 10.5 Å². The number of rotatable bonds is 7. The van der Waals surface area contributed by atoms with E-state index in [1.165, 1.54) is 12.1 Å². The summed E-state index contributed by atoms with van der Waals surface area (Å²) in [6.45, 7) is 5.90. The molecule has 0 saturated heterocycles. The highest BCUT2D eigenvalue weighted by Gasteiger charge is 2.29. The molecule has 0 aromatic heterocycles. The van der Waals surface area contributed by atoms with E-state index in [1.807, 2.05) is 0 Å².